The molecule has 0 aromatic heterocycles. The number of benzene rings is 4. The van der Waals surface area contributed by atoms with Crippen molar-refractivity contribution in [3.8, 4) is 5.75 Å². The molecule has 45 heavy (non-hydrogen) atoms. The summed E-state index contributed by atoms with van der Waals surface area (Å²) in [7, 11) is -2.85. The van der Waals surface area contributed by atoms with Crippen molar-refractivity contribution in [2.45, 2.75) is 37.8 Å². The maximum absolute atomic E-state index is 14.6. The van der Waals surface area contributed by atoms with Gasteiger partial charge in [-0.05, 0) is 61.4 Å². The molecule has 0 aliphatic carbocycles. The van der Waals surface area contributed by atoms with Crippen LogP contribution in [-0.2, 0) is 32.6 Å². The number of hydrogen-bond acceptors (Lipinski definition) is 5. The molecule has 1 atom stereocenters. The molecule has 4 aromatic rings. The van der Waals surface area contributed by atoms with Gasteiger partial charge >= 0.3 is 0 Å². The first-order valence-electron chi connectivity index (χ1n) is 14.3. The van der Waals surface area contributed by atoms with E-state index in [1.807, 2.05) is 37.3 Å². The van der Waals surface area contributed by atoms with Crippen molar-refractivity contribution in [3.63, 3.8) is 0 Å². The monoisotopic (exact) mass is 667 g/mol. The first-order valence-corrected chi connectivity index (χ1v) is 16.5. The fraction of sp³-hybridized carbons (Fsp3) is 0.235. The number of likely N-dealkylation sites (N-methyl/N-ethyl adjacent to an activating group) is 1. The Morgan fingerprint density at radius 1 is 0.889 bits per heavy atom. The van der Waals surface area contributed by atoms with Crippen molar-refractivity contribution in [3.05, 3.63) is 124 Å². The van der Waals surface area contributed by atoms with Crippen LogP contribution < -0.4 is 14.4 Å². The molecule has 11 heteroatoms. The fourth-order valence-electron chi connectivity index (χ4n) is 4.93. The Morgan fingerprint density at radius 3 is 2.11 bits per heavy atom. The van der Waals surface area contributed by atoms with E-state index in [1.54, 1.807) is 61.5 Å². The minimum absolute atomic E-state index is 0.00776. The molecule has 0 heterocycles. The Balaban J connectivity index is 1.87. The number of hydrogen-bond donors (Lipinski definition) is 1. The zero-order valence-corrected chi connectivity index (χ0v) is 27.6. The second-order valence-electron chi connectivity index (χ2n) is 10.3. The van der Waals surface area contributed by atoms with Gasteiger partial charge in [-0.1, -0.05) is 83.9 Å². The molecule has 0 saturated carbocycles. The van der Waals surface area contributed by atoms with Gasteiger partial charge in [-0.15, -0.1) is 0 Å². The summed E-state index contributed by atoms with van der Waals surface area (Å²) in [5.74, 6) is -0.775. The van der Waals surface area contributed by atoms with Gasteiger partial charge in [0.05, 0.1) is 17.7 Å². The quantitative estimate of drug-likeness (QED) is 0.181. The van der Waals surface area contributed by atoms with Crippen molar-refractivity contribution in [2.75, 3.05) is 24.5 Å². The number of ether oxygens (including phenoxy) is 1. The average Bonchev–Trinajstić information content (AvgIpc) is 3.03. The SMILES string of the molecule is CCNC(=O)[C@H](Cc1ccccc1)N(Cc1c(Cl)cccc1Cl)C(=O)CN(c1cc(C)ccc1OC)S(=O)(=O)c1ccccc1. The Labute approximate surface area is 274 Å². The van der Waals surface area contributed by atoms with E-state index in [2.05, 4.69) is 5.32 Å². The summed E-state index contributed by atoms with van der Waals surface area (Å²) in [6, 6.07) is 26.2. The molecule has 0 saturated heterocycles. The Morgan fingerprint density at radius 2 is 1.51 bits per heavy atom. The maximum Gasteiger partial charge on any atom is 0.264 e. The maximum atomic E-state index is 14.6. The van der Waals surface area contributed by atoms with Crippen molar-refractivity contribution in [2.24, 2.45) is 0 Å². The third-order valence-electron chi connectivity index (χ3n) is 7.23. The van der Waals surface area contributed by atoms with E-state index in [1.165, 1.54) is 24.1 Å². The second kappa shape index (κ2) is 15.3. The Bertz CT molecular complexity index is 1720. The zero-order chi connectivity index (χ0) is 32.6. The van der Waals surface area contributed by atoms with Crippen LogP contribution in [0.15, 0.2) is 102 Å². The standard InChI is InChI=1S/C34H35Cl2N3O5S/c1-4-37-34(41)31(21-25-12-7-5-8-13-25)38(22-27-28(35)16-11-17-29(27)36)33(40)23-39(30-20-24(2)18-19-32(30)44-3)45(42,43)26-14-9-6-10-15-26/h5-20,31H,4,21-23H2,1-3H3,(H,37,41)/t31-/m0/s1. The van der Waals surface area contributed by atoms with Crippen LogP contribution in [0.2, 0.25) is 10.0 Å². The molecule has 0 aliphatic rings. The van der Waals surface area contributed by atoms with Crippen LogP contribution in [-0.4, -0.2) is 51.4 Å². The van der Waals surface area contributed by atoms with E-state index >= 15 is 0 Å². The number of nitrogens with one attached hydrogen (secondary N) is 1. The number of rotatable bonds is 13. The lowest BCUT2D eigenvalue weighted by Crippen LogP contribution is -2.53. The molecule has 2 amide bonds. The third kappa shape index (κ3) is 8.16. The molecule has 0 fully saturated rings. The van der Waals surface area contributed by atoms with Gasteiger partial charge < -0.3 is 15.0 Å². The van der Waals surface area contributed by atoms with Gasteiger partial charge in [0, 0.05) is 35.1 Å². The highest BCUT2D eigenvalue weighted by Gasteiger charge is 2.36. The average molecular weight is 669 g/mol. The summed E-state index contributed by atoms with van der Waals surface area (Å²) in [5.41, 5.74) is 2.19. The molecular weight excluding hydrogens is 633 g/mol. The molecule has 4 rings (SSSR count). The molecule has 0 spiro atoms. The number of carbonyl (C=O) groups excluding carboxylic acids is 2. The van der Waals surface area contributed by atoms with Gasteiger partial charge in [0.25, 0.3) is 10.0 Å². The van der Waals surface area contributed by atoms with E-state index < -0.39 is 34.4 Å². The number of sulfonamides is 1. The van der Waals surface area contributed by atoms with Gasteiger partial charge in [0.15, 0.2) is 0 Å². The van der Waals surface area contributed by atoms with Gasteiger partial charge in [-0.3, -0.25) is 13.9 Å². The van der Waals surface area contributed by atoms with Crippen LogP contribution >= 0.6 is 23.2 Å². The summed E-state index contributed by atoms with van der Waals surface area (Å²) in [6.45, 7) is 3.15. The van der Waals surface area contributed by atoms with E-state index in [-0.39, 0.29) is 29.3 Å². The number of carbonyl (C=O) groups is 2. The zero-order valence-electron chi connectivity index (χ0n) is 25.2. The molecular formula is C34H35Cl2N3O5S. The summed E-state index contributed by atoms with van der Waals surface area (Å²) >= 11 is 13.1. The molecule has 0 unspecified atom stereocenters. The number of amides is 2. The highest BCUT2D eigenvalue weighted by atomic mass is 35.5. The van der Waals surface area contributed by atoms with Crippen LogP contribution in [0, 0.1) is 6.92 Å². The van der Waals surface area contributed by atoms with Gasteiger partial charge in [0.1, 0.15) is 18.3 Å². The van der Waals surface area contributed by atoms with E-state index in [4.69, 9.17) is 27.9 Å². The van der Waals surface area contributed by atoms with Gasteiger partial charge in [-0.25, -0.2) is 8.42 Å². The smallest absolute Gasteiger partial charge is 0.264 e. The van der Waals surface area contributed by atoms with Crippen LogP contribution in [0.1, 0.15) is 23.6 Å². The number of aryl methyl sites for hydroxylation is 1. The Kier molecular flexibility index (Phi) is 11.5. The lowest BCUT2D eigenvalue weighted by molar-refractivity contribution is -0.140. The third-order valence-corrected chi connectivity index (χ3v) is 9.71. The summed E-state index contributed by atoms with van der Waals surface area (Å²) in [5, 5.41) is 3.45. The van der Waals surface area contributed by atoms with Crippen LogP contribution in [0.25, 0.3) is 0 Å². The Hall–Kier alpha value is -4.05. The number of nitrogens with zero attached hydrogens (tertiary/aromatic N) is 2. The second-order valence-corrected chi connectivity index (χ2v) is 13.0. The minimum Gasteiger partial charge on any atom is -0.495 e. The van der Waals surface area contributed by atoms with Crippen molar-refractivity contribution in [1.29, 1.82) is 0 Å². The lowest BCUT2D eigenvalue weighted by Gasteiger charge is -2.34. The highest BCUT2D eigenvalue weighted by Crippen LogP contribution is 2.34. The summed E-state index contributed by atoms with van der Waals surface area (Å²) in [4.78, 5) is 29.6. The molecule has 0 radical (unpaired) electrons. The number of methoxy groups -OCH3 is 1. The van der Waals surface area contributed by atoms with E-state index in [9.17, 15) is 18.0 Å². The van der Waals surface area contributed by atoms with E-state index in [0.29, 0.717) is 22.2 Å². The number of halogens is 2. The fourth-order valence-corrected chi connectivity index (χ4v) is 6.88. The van der Waals surface area contributed by atoms with Crippen molar-refractivity contribution >= 4 is 50.7 Å². The lowest BCUT2D eigenvalue weighted by atomic mass is 10.0. The first-order chi connectivity index (χ1) is 21.6. The highest BCUT2D eigenvalue weighted by molar-refractivity contribution is 7.92. The summed E-state index contributed by atoms with van der Waals surface area (Å²) in [6.07, 6.45) is 0.166. The molecule has 4 aromatic carbocycles. The van der Waals surface area contributed by atoms with Gasteiger partial charge in [0.2, 0.25) is 11.8 Å². The molecule has 1 N–H and O–H groups in total. The van der Waals surface area contributed by atoms with E-state index in [0.717, 1.165) is 15.4 Å². The van der Waals surface area contributed by atoms with Crippen LogP contribution in [0.3, 0.4) is 0 Å². The first kappa shape index (κ1) is 33.8. The molecule has 0 aliphatic heterocycles. The van der Waals surface area contributed by atoms with Crippen LogP contribution in [0.4, 0.5) is 5.69 Å². The van der Waals surface area contributed by atoms with Crippen molar-refractivity contribution < 1.29 is 22.7 Å². The van der Waals surface area contributed by atoms with Gasteiger partial charge in [-0.2, -0.15) is 0 Å². The molecule has 0 bridgehead atoms. The predicted molar refractivity (Wildman–Crippen MR) is 178 cm³/mol. The minimum atomic E-state index is -4.28. The normalized spacial score (nSPS) is 11.8. The predicted octanol–water partition coefficient (Wildman–Crippen LogP) is 6.28. The topological polar surface area (TPSA) is 96.0 Å². The van der Waals surface area contributed by atoms with Crippen molar-refractivity contribution in [1.82, 2.24) is 10.2 Å². The molecule has 8 nitrogen and oxygen atoms in total. The number of anilines is 1. The van der Waals surface area contributed by atoms with Crippen LogP contribution in [0.5, 0.6) is 5.75 Å². The largest absolute Gasteiger partial charge is 0.495 e. The molecule has 236 valence electrons. The summed E-state index contributed by atoms with van der Waals surface area (Å²) < 4.78 is 35.0.